The maximum Gasteiger partial charge on any atom is 0.224 e. The summed E-state index contributed by atoms with van der Waals surface area (Å²) in [5.74, 6) is -2.69. The van der Waals surface area contributed by atoms with Crippen molar-refractivity contribution >= 4 is 11.7 Å². The van der Waals surface area contributed by atoms with Crippen molar-refractivity contribution in [3.8, 4) is 0 Å². The first-order chi connectivity index (χ1) is 11.9. The maximum atomic E-state index is 13.3. The molecule has 0 spiro atoms. The number of hydrogen-bond acceptors (Lipinski definition) is 2. The normalized spacial score (nSPS) is 19.7. The Kier molecular flexibility index (Phi) is 4.93. The molecule has 0 aromatic heterocycles. The second kappa shape index (κ2) is 7.13. The lowest BCUT2D eigenvalue weighted by molar-refractivity contribution is -0.127. The number of carbonyl (C=O) groups is 2. The van der Waals surface area contributed by atoms with E-state index in [4.69, 9.17) is 0 Å². The van der Waals surface area contributed by atoms with Crippen LogP contribution in [0.4, 0.5) is 8.78 Å². The van der Waals surface area contributed by atoms with Gasteiger partial charge in [0.2, 0.25) is 5.91 Å². The van der Waals surface area contributed by atoms with E-state index in [9.17, 15) is 18.4 Å². The van der Waals surface area contributed by atoms with Crippen LogP contribution in [0.15, 0.2) is 42.5 Å². The Bertz CT molecular complexity index is 802. The van der Waals surface area contributed by atoms with E-state index in [0.29, 0.717) is 12.1 Å². The number of aryl methyl sites for hydroxylation is 1. The van der Waals surface area contributed by atoms with E-state index < -0.39 is 17.6 Å². The lowest BCUT2D eigenvalue weighted by Gasteiger charge is -2.17. The highest BCUT2D eigenvalue weighted by atomic mass is 19.2. The Morgan fingerprint density at radius 2 is 1.84 bits per heavy atom. The molecule has 1 N–H and O–H groups in total. The molecule has 1 amide bonds. The van der Waals surface area contributed by atoms with Crippen molar-refractivity contribution < 1.29 is 18.4 Å². The molecule has 0 saturated carbocycles. The molecule has 0 radical (unpaired) electrons. The Morgan fingerprint density at radius 1 is 1.12 bits per heavy atom. The number of nitrogens with one attached hydrogen (secondary N) is 1. The second-order valence-corrected chi connectivity index (χ2v) is 6.54. The van der Waals surface area contributed by atoms with Gasteiger partial charge in [-0.25, -0.2) is 8.78 Å². The largest absolute Gasteiger partial charge is 0.355 e. The SMILES string of the molecule is Cc1ccc([C@@H]2CNC(=O)[C@H]2CC(=O)Cc2ccc(F)c(F)c2)cc1. The third-order valence-corrected chi connectivity index (χ3v) is 4.66. The fourth-order valence-electron chi connectivity index (χ4n) is 3.26. The number of carbonyl (C=O) groups excluding carboxylic acids is 2. The van der Waals surface area contributed by atoms with Gasteiger partial charge in [0.25, 0.3) is 0 Å². The highest BCUT2D eigenvalue weighted by Gasteiger charge is 2.36. The zero-order chi connectivity index (χ0) is 18.0. The maximum absolute atomic E-state index is 13.3. The predicted octanol–water partition coefficient (Wildman–Crippen LogP) is 3.30. The van der Waals surface area contributed by atoms with Gasteiger partial charge in [-0.1, -0.05) is 35.9 Å². The number of rotatable bonds is 5. The van der Waals surface area contributed by atoms with Crippen LogP contribution in [0.5, 0.6) is 0 Å². The average Bonchev–Trinajstić information content (AvgIpc) is 2.93. The van der Waals surface area contributed by atoms with Crippen molar-refractivity contribution in [2.75, 3.05) is 6.54 Å². The van der Waals surface area contributed by atoms with Crippen molar-refractivity contribution in [2.45, 2.75) is 25.7 Å². The first kappa shape index (κ1) is 17.3. The summed E-state index contributed by atoms with van der Waals surface area (Å²) in [5.41, 5.74) is 2.57. The van der Waals surface area contributed by atoms with Gasteiger partial charge in [-0.05, 0) is 30.2 Å². The summed E-state index contributed by atoms with van der Waals surface area (Å²) in [7, 11) is 0. The van der Waals surface area contributed by atoms with Gasteiger partial charge < -0.3 is 5.32 Å². The van der Waals surface area contributed by atoms with Crippen LogP contribution in [0.1, 0.15) is 29.0 Å². The van der Waals surface area contributed by atoms with E-state index in [1.54, 1.807) is 0 Å². The summed E-state index contributed by atoms with van der Waals surface area (Å²) in [6, 6.07) is 11.4. The first-order valence-electron chi connectivity index (χ1n) is 8.24. The molecule has 3 nitrogen and oxygen atoms in total. The quantitative estimate of drug-likeness (QED) is 0.905. The standard InChI is InChI=1S/C20H19F2NO2/c1-12-2-5-14(6-3-12)17-11-23-20(25)16(17)10-15(24)8-13-4-7-18(21)19(22)9-13/h2-7,9,16-17H,8,10-11H2,1H3,(H,23,25)/t16-,17-/m0/s1. The Hall–Kier alpha value is -2.56. The van der Waals surface area contributed by atoms with Gasteiger partial charge in [-0.2, -0.15) is 0 Å². The van der Waals surface area contributed by atoms with Crippen molar-refractivity contribution in [3.63, 3.8) is 0 Å². The van der Waals surface area contributed by atoms with Crippen LogP contribution in [0.25, 0.3) is 0 Å². The third-order valence-electron chi connectivity index (χ3n) is 4.66. The number of amides is 1. The van der Waals surface area contributed by atoms with Crippen LogP contribution in [-0.4, -0.2) is 18.2 Å². The smallest absolute Gasteiger partial charge is 0.224 e. The van der Waals surface area contributed by atoms with Crippen molar-refractivity contribution in [3.05, 3.63) is 70.8 Å². The van der Waals surface area contributed by atoms with Gasteiger partial charge in [0.15, 0.2) is 11.6 Å². The van der Waals surface area contributed by atoms with Crippen molar-refractivity contribution in [2.24, 2.45) is 5.92 Å². The lowest BCUT2D eigenvalue weighted by atomic mass is 9.84. The molecule has 0 bridgehead atoms. The minimum Gasteiger partial charge on any atom is -0.355 e. The summed E-state index contributed by atoms with van der Waals surface area (Å²) < 4.78 is 26.2. The summed E-state index contributed by atoms with van der Waals surface area (Å²) in [6.45, 7) is 2.50. The minimum atomic E-state index is -0.971. The molecular formula is C20H19F2NO2. The zero-order valence-electron chi connectivity index (χ0n) is 13.9. The molecular weight excluding hydrogens is 324 g/mol. The Labute approximate surface area is 145 Å². The summed E-state index contributed by atoms with van der Waals surface area (Å²) >= 11 is 0. The molecule has 25 heavy (non-hydrogen) atoms. The Morgan fingerprint density at radius 3 is 2.52 bits per heavy atom. The highest BCUT2D eigenvalue weighted by Crippen LogP contribution is 2.32. The molecule has 0 aliphatic carbocycles. The number of hydrogen-bond donors (Lipinski definition) is 1. The van der Waals surface area contributed by atoms with Gasteiger partial charge in [0, 0.05) is 25.3 Å². The monoisotopic (exact) mass is 343 g/mol. The van der Waals surface area contributed by atoms with Gasteiger partial charge in [0.1, 0.15) is 5.78 Å². The predicted molar refractivity (Wildman–Crippen MR) is 90.1 cm³/mol. The fraction of sp³-hybridized carbons (Fsp3) is 0.300. The molecule has 3 rings (SSSR count). The molecule has 2 aromatic rings. The molecule has 5 heteroatoms. The second-order valence-electron chi connectivity index (χ2n) is 6.54. The highest BCUT2D eigenvalue weighted by molar-refractivity contribution is 5.90. The van der Waals surface area contributed by atoms with Gasteiger partial charge in [-0.3, -0.25) is 9.59 Å². The molecule has 130 valence electrons. The van der Waals surface area contributed by atoms with Crippen LogP contribution in [0.2, 0.25) is 0 Å². The molecule has 1 aliphatic heterocycles. The van der Waals surface area contributed by atoms with Gasteiger partial charge in [-0.15, -0.1) is 0 Å². The van der Waals surface area contributed by atoms with Crippen molar-refractivity contribution in [1.82, 2.24) is 5.32 Å². The average molecular weight is 343 g/mol. The van der Waals surface area contributed by atoms with E-state index in [-0.39, 0.29) is 30.4 Å². The van der Waals surface area contributed by atoms with Crippen LogP contribution in [-0.2, 0) is 16.0 Å². The number of ketones is 1. The third kappa shape index (κ3) is 3.92. The molecule has 1 saturated heterocycles. The van der Waals surface area contributed by atoms with E-state index in [0.717, 1.165) is 23.3 Å². The zero-order valence-corrected chi connectivity index (χ0v) is 13.9. The fourth-order valence-corrected chi connectivity index (χ4v) is 3.26. The molecule has 2 aromatic carbocycles. The molecule has 1 fully saturated rings. The molecule has 1 heterocycles. The Balaban J connectivity index is 1.70. The summed E-state index contributed by atoms with van der Waals surface area (Å²) in [4.78, 5) is 24.5. The van der Waals surface area contributed by atoms with Crippen LogP contribution in [0, 0.1) is 24.5 Å². The van der Waals surface area contributed by atoms with E-state index in [1.165, 1.54) is 6.07 Å². The summed E-state index contributed by atoms with van der Waals surface area (Å²) in [6.07, 6.45) is 0.0744. The number of benzene rings is 2. The molecule has 0 unspecified atom stereocenters. The number of Topliss-reactive ketones (excluding diaryl/α,β-unsaturated/α-hetero) is 1. The first-order valence-corrected chi connectivity index (χ1v) is 8.24. The number of halogens is 2. The molecule has 2 atom stereocenters. The topological polar surface area (TPSA) is 46.2 Å². The van der Waals surface area contributed by atoms with E-state index >= 15 is 0 Å². The minimum absolute atomic E-state index is 0.0123. The molecule has 1 aliphatic rings. The van der Waals surface area contributed by atoms with Crippen LogP contribution < -0.4 is 5.32 Å². The van der Waals surface area contributed by atoms with Crippen LogP contribution in [0.3, 0.4) is 0 Å². The van der Waals surface area contributed by atoms with E-state index in [2.05, 4.69) is 5.32 Å². The van der Waals surface area contributed by atoms with E-state index in [1.807, 2.05) is 31.2 Å². The van der Waals surface area contributed by atoms with Crippen molar-refractivity contribution in [1.29, 1.82) is 0 Å². The van der Waals surface area contributed by atoms with Gasteiger partial charge >= 0.3 is 0 Å². The van der Waals surface area contributed by atoms with Gasteiger partial charge in [0.05, 0.1) is 5.92 Å². The van der Waals surface area contributed by atoms with Crippen LogP contribution >= 0.6 is 0 Å². The lowest BCUT2D eigenvalue weighted by Crippen LogP contribution is -2.23. The summed E-state index contributed by atoms with van der Waals surface area (Å²) in [5, 5.41) is 2.82.